The van der Waals surface area contributed by atoms with Crippen molar-refractivity contribution in [2.45, 2.75) is 32.2 Å². The van der Waals surface area contributed by atoms with Crippen molar-refractivity contribution in [3.63, 3.8) is 0 Å². The number of halogens is 1. The van der Waals surface area contributed by atoms with Gasteiger partial charge in [-0.1, -0.05) is 13.3 Å². The Balaban J connectivity index is 2.03. The fourth-order valence-corrected chi connectivity index (χ4v) is 4.42. The third kappa shape index (κ3) is 3.11. The summed E-state index contributed by atoms with van der Waals surface area (Å²) in [6.07, 6.45) is 3.98. The van der Waals surface area contributed by atoms with Gasteiger partial charge in [-0.15, -0.1) is 11.3 Å². The number of nitrogens with zero attached hydrogens (tertiary/aromatic N) is 1. The zero-order valence-electron chi connectivity index (χ0n) is 10.4. The molecule has 1 aliphatic rings. The number of hydrogen-bond acceptors (Lipinski definition) is 3. The Morgan fingerprint density at radius 1 is 1.53 bits per heavy atom. The van der Waals surface area contributed by atoms with Crippen LogP contribution in [0.25, 0.3) is 0 Å². The molecule has 0 aromatic carbocycles. The largest absolute Gasteiger partial charge is 0.329 e. The summed E-state index contributed by atoms with van der Waals surface area (Å²) < 4.78 is 1.22. The van der Waals surface area contributed by atoms with E-state index in [1.54, 1.807) is 0 Å². The molecule has 1 aromatic heterocycles. The minimum Gasteiger partial charge on any atom is -0.329 e. The lowest BCUT2D eigenvalue weighted by atomic mass is 9.93. The summed E-state index contributed by atoms with van der Waals surface area (Å²) in [4.78, 5) is 3.95. The fourth-order valence-electron chi connectivity index (χ4n) is 2.64. The van der Waals surface area contributed by atoms with Gasteiger partial charge >= 0.3 is 0 Å². The van der Waals surface area contributed by atoms with Crippen LogP contribution in [0.15, 0.2) is 15.9 Å². The average Bonchev–Trinajstić information content (AvgIpc) is 2.78. The monoisotopic (exact) mass is 316 g/mol. The minimum atomic E-state index is 0.405. The van der Waals surface area contributed by atoms with Crippen molar-refractivity contribution in [1.82, 2.24) is 4.90 Å². The highest BCUT2D eigenvalue weighted by Gasteiger charge is 2.26. The molecule has 1 fully saturated rings. The molecule has 0 saturated carbocycles. The van der Waals surface area contributed by atoms with Gasteiger partial charge in [0.1, 0.15) is 0 Å². The number of likely N-dealkylation sites (tertiary alicyclic amines) is 1. The molecule has 0 bridgehead atoms. The summed E-state index contributed by atoms with van der Waals surface area (Å²) in [5.41, 5.74) is 5.98. The molecule has 0 aliphatic carbocycles. The highest BCUT2D eigenvalue weighted by atomic mass is 79.9. The summed E-state index contributed by atoms with van der Waals surface area (Å²) >= 11 is 5.44. The molecule has 4 heteroatoms. The highest BCUT2D eigenvalue weighted by Crippen LogP contribution is 2.34. The maximum atomic E-state index is 5.98. The summed E-state index contributed by atoms with van der Waals surface area (Å²) in [7, 11) is 0. The molecule has 1 saturated heterocycles. The molecular weight excluding hydrogens is 296 g/mol. The van der Waals surface area contributed by atoms with Crippen LogP contribution in [0.2, 0.25) is 0 Å². The van der Waals surface area contributed by atoms with Gasteiger partial charge in [-0.05, 0) is 59.2 Å². The summed E-state index contributed by atoms with van der Waals surface area (Å²) in [6.45, 7) is 5.42. The van der Waals surface area contributed by atoms with E-state index in [2.05, 4.69) is 39.2 Å². The van der Waals surface area contributed by atoms with Crippen molar-refractivity contribution >= 4 is 27.3 Å². The molecule has 96 valence electrons. The molecule has 0 amide bonds. The first-order chi connectivity index (χ1) is 8.26. The van der Waals surface area contributed by atoms with Crippen LogP contribution in [-0.4, -0.2) is 24.5 Å². The van der Waals surface area contributed by atoms with Crippen LogP contribution in [0.5, 0.6) is 0 Å². The summed E-state index contributed by atoms with van der Waals surface area (Å²) in [5.74, 6) is 0.927. The third-order valence-corrected chi connectivity index (χ3v) is 5.81. The van der Waals surface area contributed by atoms with E-state index in [-0.39, 0.29) is 0 Å². The number of hydrogen-bond donors (Lipinski definition) is 1. The zero-order chi connectivity index (χ0) is 12.3. The molecule has 2 heterocycles. The summed E-state index contributed by atoms with van der Waals surface area (Å²) in [5, 5.41) is 2.14. The topological polar surface area (TPSA) is 29.3 Å². The van der Waals surface area contributed by atoms with Gasteiger partial charge in [-0.25, -0.2) is 0 Å². The Hall–Kier alpha value is 0.100. The van der Waals surface area contributed by atoms with E-state index in [0.29, 0.717) is 6.04 Å². The molecule has 1 atom stereocenters. The molecule has 0 radical (unpaired) electrons. The van der Waals surface area contributed by atoms with Crippen LogP contribution in [0.4, 0.5) is 0 Å². The zero-order valence-corrected chi connectivity index (χ0v) is 12.8. The molecule has 1 unspecified atom stereocenters. The Bertz CT molecular complexity index is 345. The van der Waals surface area contributed by atoms with E-state index in [1.165, 1.54) is 41.7 Å². The Kier molecular flexibility index (Phi) is 5.03. The standard InChI is InChI=1S/C13H21BrN2S/c1-2-10-3-6-16(7-4-10)12(9-15)13-11(14)5-8-17-13/h5,8,10,12H,2-4,6-7,9,15H2,1H3. The normalized spacial score (nSPS) is 20.6. The van der Waals surface area contributed by atoms with Gasteiger partial charge in [0, 0.05) is 15.9 Å². The van der Waals surface area contributed by atoms with E-state index >= 15 is 0 Å². The van der Waals surface area contributed by atoms with Crippen molar-refractivity contribution in [2.24, 2.45) is 11.7 Å². The third-order valence-electron chi connectivity index (χ3n) is 3.84. The first-order valence-corrected chi connectivity index (χ1v) is 8.10. The van der Waals surface area contributed by atoms with E-state index in [9.17, 15) is 0 Å². The van der Waals surface area contributed by atoms with E-state index in [4.69, 9.17) is 5.73 Å². The van der Waals surface area contributed by atoms with E-state index in [0.717, 1.165) is 12.5 Å². The van der Waals surface area contributed by atoms with Crippen LogP contribution >= 0.6 is 27.3 Å². The smallest absolute Gasteiger partial charge is 0.0575 e. The van der Waals surface area contributed by atoms with Gasteiger partial charge in [0.15, 0.2) is 0 Å². The number of nitrogens with two attached hydrogens (primary N) is 1. The van der Waals surface area contributed by atoms with Gasteiger partial charge < -0.3 is 5.73 Å². The van der Waals surface area contributed by atoms with Gasteiger partial charge in [-0.2, -0.15) is 0 Å². The molecular formula is C13H21BrN2S. The van der Waals surface area contributed by atoms with Gasteiger partial charge in [0.2, 0.25) is 0 Å². The van der Waals surface area contributed by atoms with Crippen molar-refractivity contribution in [1.29, 1.82) is 0 Å². The summed E-state index contributed by atoms with van der Waals surface area (Å²) in [6, 6.07) is 2.53. The SMILES string of the molecule is CCC1CCN(C(CN)c2sccc2Br)CC1. The van der Waals surface area contributed by atoms with Gasteiger partial charge in [0.25, 0.3) is 0 Å². The number of rotatable bonds is 4. The molecule has 17 heavy (non-hydrogen) atoms. The van der Waals surface area contributed by atoms with Crippen molar-refractivity contribution in [3.8, 4) is 0 Å². The van der Waals surface area contributed by atoms with Crippen LogP contribution in [-0.2, 0) is 0 Å². The highest BCUT2D eigenvalue weighted by molar-refractivity contribution is 9.10. The van der Waals surface area contributed by atoms with E-state index < -0.39 is 0 Å². The predicted octanol–water partition coefficient (Wildman–Crippen LogP) is 3.63. The maximum Gasteiger partial charge on any atom is 0.0575 e. The number of thiophene rings is 1. The first-order valence-electron chi connectivity index (χ1n) is 6.43. The maximum absolute atomic E-state index is 5.98. The van der Waals surface area contributed by atoms with Crippen LogP contribution in [0, 0.1) is 5.92 Å². The van der Waals surface area contributed by atoms with Gasteiger partial charge in [-0.3, -0.25) is 4.90 Å². The van der Waals surface area contributed by atoms with Crippen LogP contribution < -0.4 is 5.73 Å². The van der Waals surface area contributed by atoms with Crippen molar-refractivity contribution < 1.29 is 0 Å². The Morgan fingerprint density at radius 2 is 2.24 bits per heavy atom. The second-order valence-corrected chi connectivity index (χ2v) is 6.57. The van der Waals surface area contributed by atoms with Gasteiger partial charge in [0.05, 0.1) is 6.04 Å². The van der Waals surface area contributed by atoms with Crippen LogP contribution in [0.1, 0.15) is 37.1 Å². The van der Waals surface area contributed by atoms with Crippen molar-refractivity contribution in [2.75, 3.05) is 19.6 Å². The lowest BCUT2D eigenvalue weighted by Crippen LogP contribution is -2.39. The van der Waals surface area contributed by atoms with Crippen molar-refractivity contribution in [3.05, 3.63) is 20.8 Å². The lowest BCUT2D eigenvalue weighted by Gasteiger charge is -2.36. The Labute approximate surface area is 116 Å². The average molecular weight is 317 g/mol. The molecule has 2 rings (SSSR count). The molecule has 2 N–H and O–H groups in total. The van der Waals surface area contributed by atoms with Crippen LogP contribution in [0.3, 0.4) is 0 Å². The Morgan fingerprint density at radius 3 is 2.71 bits per heavy atom. The lowest BCUT2D eigenvalue weighted by molar-refractivity contribution is 0.135. The number of piperidine rings is 1. The van der Waals surface area contributed by atoms with E-state index in [1.807, 2.05) is 11.3 Å². The molecule has 2 nitrogen and oxygen atoms in total. The predicted molar refractivity (Wildman–Crippen MR) is 78.4 cm³/mol. The first kappa shape index (κ1) is 13.5. The second-order valence-electron chi connectivity index (χ2n) is 4.77. The quantitative estimate of drug-likeness (QED) is 0.919. The molecule has 0 spiro atoms. The second kappa shape index (κ2) is 6.32. The molecule has 1 aromatic rings. The minimum absolute atomic E-state index is 0.405. The molecule has 1 aliphatic heterocycles. The fraction of sp³-hybridized carbons (Fsp3) is 0.692.